The molecule has 0 aliphatic carbocycles. The standard InChI is InChI=1S/C13H14F3NO3/c1-3-8-6-4-5-7-9(8)10(18)17-12(2,11(19)20)13(14,15)16/h4-7H,3H2,1-2H3,(H,17,18)(H,19,20). The van der Waals surface area contributed by atoms with E-state index in [-0.39, 0.29) is 5.56 Å². The molecule has 0 radical (unpaired) electrons. The van der Waals surface area contributed by atoms with Crippen LogP contribution in [0.25, 0.3) is 0 Å². The van der Waals surface area contributed by atoms with Crippen molar-refractivity contribution in [2.75, 3.05) is 0 Å². The second kappa shape index (κ2) is 5.52. The number of carboxylic acids is 1. The van der Waals surface area contributed by atoms with Gasteiger partial charge in [-0.1, -0.05) is 25.1 Å². The Labute approximate surface area is 113 Å². The average Bonchev–Trinajstić information content (AvgIpc) is 2.36. The first-order chi connectivity index (χ1) is 9.13. The minimum Gasteiger partial charge on any atom is -0.479 e. The number of carbonyl (C=O) groups excluding carboxylic acids is 1. The molecular weight excluding hydrogens is 275 g/mol. The predicted molar refractivity (Wildman–Crippen MR) is 65.4 cm³/mol. The number of rotatable bonds is 4. The van der Waals surface area contributed by atoms with Crippen LogP contribution >= 0.6 is 0 Å². The third kappa shape index (κ3) is 2.92. The van der Waals surface area contributed by atoms with Crippen molar-refractivity contribution in [3.63, 3.8) is 0 Å². The molecular formula is C13H14F3NO3. The quantitative estimate of drug-likeness (QED) is 0.894. The van der Waals surface area contributed by atoms with Gasteiger partial charge in [-0.3, -0.25) is 4.79 Å². The second-order valence-corrected chi connectivity index (χ2v) is 4.39. The van der Waals surface area contributed by atoms with Gasteiger partial charge in [-0.2, -0.15) is 13.2 Å². The lowest BCUT2D eigenvalue weighted by molar-refractivity contribution is -0.203. The highest BCUT2D eigenvalue weighted by atomic mass is 19.4. The lowest BCUT2D eigenvalue weighted by Crippen LogP contribution is -2.62. The molecule has 1 atom stereocenters. The van der Waals surface area contributed by atoms with Crippen molar-refractivity contribution in [2.45, 2.75) is 32.0 Å². The minimum absolute atomic E-state index is 0.0340. The van der Waals surface area contributed by atoms with Crippen LogP contribution in [0.1, 0.15) is 29.8 Å². The van der Waals surface area contributed by atoms with Gasteiger partial charge < -0.3 is 10.4 Å². The number of carboxylic acid groups (broad SMARTS) is 1. The molecule has 0 aromatic heterocycles. The third-order valence-electron chi connectivity index (χ3n) is 3.00. The molecule has 1 aromatic carbocycles. The number of halogens is 3. The highest BCUT2D eigenvalue weighted by Crippen LogP contribution is 2.30. The van der Waals surface area contributed by atoms with Crippen LogP contribution in [0.2, 0.25) is 0 Å². The SMILES string of the molecule is CCc1ccccc1C(=O)NC(C)(C(=O)O)C(F)(F)F. The maximum Gasteiger partial charge on any atom is 0.422 e. The molecule has 0 aliphatic rings. The Hall–Kier alpha value is -2.05. The Morgan fingerprint density at radius 1 is 1.25 bits per heavy atom. The molecule has 1 rings (SSSR count). The van der Waals surface area contributed by atoms with Gasteiger partial charge in [-0.15, -0.1) is 0 Å². The van der Waals surface area contributed by atoms with Gasteiger partial charge in [0.1, 0.15) is 0 Å². The molecule has 110 valence electrons. The molecule has 1 amide bonds. The van der Waals surface area contributed by atoms with E-state index >= 15 is 0 Å². The van der Waals surface area contributed by atoms with Gasteiger partial charge in [0.05, 0.1) is 0 Å². The summed E-state index contributed by atoms with van der Waals surface area (Å²) in [6, 6.07) is 6.10. The predicted octanol–water partition coefficient (Wildman–Crippen LogP) is 2.38. The molecule has 4 nitrogen and oxygen atoms in total. The highest BCUT2D eigenvalue weighted by Gasteiger charge is 2.58. The van der Waals surface area contributed by atoms with E-state index in [9.17, 15) is 22.8 Å². The molecule has 20 heavy (non-hydrogen) atoms. The van der Waals surface area contributed by atoms with Gasteiger partial charge in [0.15, 0.2) is 0 Å². The first-order valence-corrected chi connectivity index (χ1v) is 5.84. The van der Waals surface area contributed by atoms with Crippen molar-refractivity contribution in [2.24, 2.45) is 0 Å². The fourth-order valence-corrected chi connectivity index (χ4v) is 1.59. The zero-order valence-electron chi connectivity index (χ0n) is 10.9. The molecule has 0 saturated heterocycles. The van der Waals surface area contributed by atoms with Crippen molar-refractivity contribution in [3.05, 3.63) is 35.4 Å². The summed E-state index contributed by atoms with van der Waals surface area (Å²) in [5.74, 6) is -3.22. The van der Waals surface area contributed by atoms with Gasteiger partial charge in [0.2, 0.25) is 5.54 Å². The maximum atomic E-state index is 12.8. The van der Waals surface area contributed by atoms with Gasteiger partial charge in [-0.05, 0) is 25.0 Å². The molecule has 2 N–H and O–H groups in total. The first-order valence-electron chi connectivity index (χ1n) is 5.84. The summed E-state index contributed by atoms with van der Waals surface area (Å²) in [5, 5.41) is 10.3. The zero-order valence-corrected chi connectivity index (χ0v) is 10.9. The Morgan fingerprint density at radius 3 is 2.25 bits per heavy atom. The summed E-state index contributed by atoms with van der Waals surface area (Å²) < 4.78 is 38.5. The van der Waals surface area contributed by atoms with Crippen LogP contribution in [0, 0.1) is 0 Å². The molecule has 0 saturated carbocycles. The van der Waals surface area contributed by atoms with Gasteiger partial charge >= 0.3 is 12.1 Å². The summed E-state index contributed by atoms with van der Waals surface area (Å²) in [6.07, 6.45) is -4.66. The lowest BCUT2D eigenvalue weighted by Gasteiger charge is -2.28. The van der Waals surface area contributed by atoms with Crippen molar-refractivity contribution in [1.82, 2.24) is 5.32 Å². The van der Waals surface area contributed by atoms with Crippen molar-refractivity contribution in [3.8, 4) is 0 Å². The van der Waals surface area contributed by atoms with Gasteiger partial charge in [0, 0.05) is 5.56 Å². The fraction of sp³-hybridized carbons (Fsp3) is 0.385. The van der Waals surface area contributed by atoms with E-state index < -0.39 is 23.6 Å². The number of amides is 1. The van der Waals surface area contributed by atoms with Crippen LogP contribution in [0.5, 0.6) is 0 Å². The highest BCUT2D eigenvalue weighted by molar-refractivity contribution is 5.99. The minimum atomic E-state index is -5.10. The summed E-state index contributed by atoms with van der Waals surface area (Å²) in [7, 11) is 0. The van der Waals surface area contributed by atoms with E-state index in [1.54, 1.807) is 24.4 Å². The van der Waals surface area contributed by atoms with E-state index in [2.05, 4.69) is 0 Å². The molecule has 0 aliphatic heterocycles. The van der Waals surface area contributed by atoms with Crippen LogP contribution in [-0.2, 0) is 11.2 Å². The summed E-state index contributed by atoms with van der Waals surface area (Å²) in [4.78, 5) is 22.8. The van der Waals surface area contributed by atoms with E-state index in [4.69, 9.17) is 5.11 Å². The van der Waals surface area contributed by atoms with E-state index in [1.165, 1.54) is 12.1 Å². The molecule has 7 heteroatoms. The van der Waals surface area contributed by atoms with E-state index in [0.717, 1.165) is 0 Å². The third-order valence-corrected chi connectivity index (χ3v) is 3.00. The number of benzene rings is 1. The Morgan fingerprint density at radius 2 is 1.80 bits per heavy atom. The van der Waals surface area contributed by atoms with Crippen molar-refractivity contribution < 1.29 is 27.9 Å². The Kier molecular flexibility index (Phi) is 4.42. The summed E-state index contributed by atoms with van der Waals surface area (Å²) in [6.45, 7) is 2.16. The molecule has 0 bridgehead atoms. The maximum absolute atomic E-state index is 12.8. The number of aliphatic carboxylic acids is 1. The van der Waals surface area contributed by atoms with Crippen molar-refractivity contribution in [1.29, 1.82) is 0 Å². The fourth-order valence-electron chi connectivity index (χ4n) is 1.59. The van der Waals surface area contributed by atoms with E-state index in [1.807, 2.05) is 0 Å². The zero-order chi connectivity index (χ0) is 15.6. The largest absolute Gasteiger partial charge is 0.479 e. The molecule has 0 spiro atoms. The molecule has 1 aromatic rings. The smallest absolute Gasteiger partial charge is 0.422 e. The van der Waals surface area contributed by atoms with E-state index in [0.29, 0.717) is 18.9 Å². The Balaban J connectivity index is 3.13. The molecule has 0 fully saturated rings. The number of aryl methyl sites for hydroxylation is 1. The monoisotopic (exact) mass is 289 g/mol. The summed E-state index contributed by atoms with van der Waals surface area (Å²) in [5.41, 5.74) is -2.75. The summed E-state index contributed by atoms with van der Waals surface area (Å²) >= 11 is 0. The normalized spacial score (nSPS) is 14.4. The van der Waals surface area contributed by atoms with Gasteiger partial charge in [-0.25, -0.2) is 4.79 Å². The van der Waals surface area contributed by atoms with Crippen molar-refractivity contribution >= 4 is 11.9 Å². The number of carbonyl (C=O) groups is 2. The number of hydrogen-bond donors (Lipinski definition) is 2. The van der Waals surface area contributed by atoms with Crippen LogP contribution in [0.3, 0.4) is 0 Å². The first kappa shape index (κ1) is 16.0. The number of hydrogen-bond acceptors (Lipinski definition) is 2. The van der Waals surface area contributed by atoms with Crippen LogP contribution in [0.4, 0.5) is 13.2 Å². The number of alkyl halides is 3. The van der Waals surface area contributed by atoms with Crippen LogP contribution < -0.4 is 5.32 Å². The topological polar surface area (TPSA) is 66.4 Å². The van der Waals surface area contributed by atoms with Crippen LogP contribution in [0.15, 0.2) is 24.3 Å². The second-order valence-electron chi connectivity index (χ2n) is 4.39. The molecule has 0 heterocycles. The van der Waals surface area contributed by atoms with Crippen LogP contribution in [-0.4, -0.2) is 28.7 Å². The number of nitrogens with one attached hydrogen (secondary N) is 1. The Bertz CT molecular complexity index is 528. The molecule has 1 unspecified atom stereocenters. The average molecular weight is 289 g/mol. The lowest BCUT2D eigenvalue weighted by atomic mass is 9.99. The van der Waals surface area contributed by atoms with Gasteiger partial charge in [0.25, 0.3) is 5.91 Å².